The van der Waals surface area contributed by atoms with Gasteiger partial charge in [0.1, 0.15) is 22.6 Å². The summed E-state index contributed by atoms with van der Waals surface area (Å²) < 4.78 is 18.2. The van der Waals surface area contributed by atoms with Gasteiger partial charge in [0.25, 0.3) is 0 Å². The molecule has 32 heavy (non-hydrogen) atoms. The molecule has 0 spiro atoms. The molecule has 7 nitrogen and oxygen atoms in total. The second kappa shape index (κ2) is 8.90. The number of aryl methyl sites for hydroxylation is 2. The van der Waals surface area contributed by atoms with E-state index >= 15 is 0 Å². The largest absolute Gasteiger partial charge is 0.506 e. The Morgan fingerprint density at radius 2 is 1.94 bits per heavy atom. The number of piperidine rings is 1. The van der Waals surface area contributed by atoms with E-state index in [1.54, 1.807) is 23.5 Å². The van der Waals surface area contributed by atoms with Crippen molar-refractivity contribution in [3.8, 4) is 0 Å². The molecule has 0 radical (unpaired) electrons. The highest BCUT2D eigenvalue weighted by atomic mass is 32.1. The van der Waals surface area contributed by atoms with E-state index in [1.807, 2.05) is 0 Å². The van der Waals surface area contributed by atoms with Crippen LogP contribution < -0.4 is 10.2 Å². The van der Waals surface area contributed by atoms with Crippen molar-refractivity contribution in [2.45, 2.75) is 51.2 Å². The summed E-state index contributed by atoms with van der Waals surface area (Å²) in [7, 11) is 0. The molecule has 0 amide bonds. The number of anilines is 2. The standard InChI is InChI=1S/C23H25FN4O3S/c24-15-7-5-14(6-8-15)13-25-20-19-17-3-1-2-4-18(17)32-21(19)27-22(26-20)28-11-9-16(10-12-28)31-23(29)30/h5-8,16H,1-4,9-13H2,(H,29,30)(H,25,26,27). The van der Waals surface area contributed by atoms with E-state index in [4.69, 9.17) is 19.8 Å². The monoisotopic (exact) mass is 456 g/mol. The minimum absolute atomic E-state index is 0.248. The van der Waals surface area contributed by atoms with Gasteiger partial charge < -0.3 is 20.1 Å². The fourth-order valence-corrected chi connectivity index (χ4v) is 5.78. The summed E-state index contributed by atoms with van der Waals surface area (Å²) in [6, 6.07) is 6.48. The zero-order valence-electron chi connectivity index (χ0n) is 17.6. The van der Waals surface area contributed by atoms with Gasteiger partial charge >= 0.3 is 6.16 Å². The van der Waals surface area contributed by atoms with E-state index in [9.17, 15) is 9.18 Å². The molecule has 1 aliphatic heterocycles. The van der Waals surface area contributed by atoms with Gasteiger partial charge in [-0.05, 0) is 48.9 Å². The summed E-state index contributed by atoms with van der Waals surface area (Å²) in [5, 5.41) is 13.5. The number of fused-ring (bicyclic) bond motifs is 3. The van der Waals surface area contributed by atoms with Crippen LogP contribution in [0.25, 0.3) is 10.2 Å². The maximum absolute atomic E-state index is 13.3. The number of ether oxygens (including phenoxy) is 1. The summed E-state index contributed by atoms with van der Waals surface area (Å²) in [5.41, 5.74) is 2.34. The maximum Gasteiger partial charge on any atom is 0.506 e. The van der Waals surface area contributed by atoms with Gasteiger partial charge in [0.05, 0.1) is 5.39 Å². The van der Waals surface area contributed by atoms with E-state index in [1.165, 1.54) is 35.4 Å². The van der Waals surface area contributed by atoms with E-state index < -0.39 is 6.16 Å². The number of carboxylic acid groups (broad SMARTS) is 1. The number of nitrogens with zero attached hydrogens (tertiary/aromatic N) is 3. The van der Waals surface area contributed by atoms with Crippen molar-refractivity contribution in [1.29, 1.82) is 0 Å². The lowest BCUT2D eigenvalue weighted by Crippen LogP contribution is -2.38. The van der Waals surface area contributed by atoms with Crippen molar-refractivity contribution >= 4 is 39.5 Å². The first-order chi connectivity index (χ1) is 15.6. The van der Waals surface area contributed by atoms with Crippen LogP contribution in [-0.4, -0.2) is 40.4 Å². The number of rotatable bonds is 5. The molecule has 3 heterocycles. The predicted molar refractivity (Wildman–Crippen MR) is 122 cm³/mol. The number of halogens is 1. The smallest absolute Gasteiger partial charge is 0.450 e. The van der Waals surface area contributed by atoms with Gasteiger partial charge in [0.15, 0.2) is 0 Å². The molecule has 1 saturated heterocycles. The topological polar surface area (TPSA) is 87.6 Å². The molecule has 0 unspecified atom stereocenters. The molecule has 5 rings (SSSR count). The van der Waals surface area contributed by atoms with Crippen LogP contribution in [0.2, 0.25) is 0 Å². The van der Waals surface area contributed by atoms with Gasteiger partial charge in [0, 0.05) is 37.4 Å². The van der Waals surface area contributed by atoms with Crippen molar-refractivity contribution in [2.75, 3.05) is 23.3 Å². The Morgan fingerprint density at radius 1 is 1.19 bits per heavy atom. The normalized spacial score (nSPS) is 16.7. The lowest BCUT2D eigenvalue weighted by atomic mass is 9.97. The van der Waals surface area contributed by atoms with Crippen LogP contribution in [0.1, 0.15) is 41.7 Å². The quantitative estimate of drug-likeness (QED) is 0.523. The third-order valence-corrected chi connectivity index (χ3v) is 7.35. The van der Waals surface area contributed by atoms with E-state index in [0.717, 1.165) is 34.4 Å². The zero-order valence-corrected chi connectivity index (χ0v) is 18.5. The Hall–Kier alpha value is -2.94. The van der Waals surface area contributed by atoms with Crippen molar-refractivity contribution in [3.63, 3.8) is 0 Å². The third kappa shape index (κ3) is 4.34. The molecular weight excluding hydrogens is 431 g/mol. The molecule has 2 aromatic heterocycles. The molecule has 1 aliphatic carbocycles. The molecule has 168 valence electrons. The van der Waals surface area contributed by atoms with Gasteiger partial charge in [-0.2, -0.15) is 4.98 Å². The van der Waals surface area contributed by atoms with Gasteiger partial charge in [-0.1, -0.05) is 12.1 Å². The number of hydrogen-bond acceptors (Lipinski definition) is 7. The number of carbonyl (C=O) groups is 1. The molecule has 0 atom stereocenters. The fraction of sp³-hybridized carbons (Fsp3) is 0.435. The number of benzene rings is 1. The fourth-order valence-electron chi connectivity index (χ4n) is 4.52. The minimum Gasteiger partial charge on any atom is -0.450 e. The van der Waals surface area contributed by atoms with Gasteiger partial charge in [-0.25, -0.2) is 14.2 Å². The molecule has 2 aliphatic rings. The zero-order chi connectivity index (χ0) is 22.1. The van der Waals surface area contributed by atoms with Crippen molar-refractivity contribution in [3.05, 3.63) is 46.1 Å². The Morgan fingerprint density at radius 3 is 2.69 bits per heavy atom. The van der Waals surface area contributed by atoms with Crippen LogP contribution in [0.15, 0.2) is 24.3 Å². The van der Waals surface area contributed by atoms with Crippen molar-refractivity contribution in [2.24, 2.45) is 0 Å². The minimum atomic E-state index is -1.22. The molecule has 9 heteroatoms. The summed E-state index contributed by atoms with van der Waals surface area (Å²) in [4.78, 5) is 25.1. The predicted octanol–water partition coefficient (Wildman–Crippen LogP) is 4.98. The lowest BCUT2D eigenvalue weighted by Gasteiger charge is -2.31. The average Bonchev–Trinajstić information content (AvgIpc) is 3.17. The summed E-state index contributed by atoms with van der Waals surface area (Å²) in [6.45, 7) is 1.84. The summed E-state index contributed by atoms with van der Waals surface area (Å²) in [5.74, 6) is 1.23. The number of thiophene rings is 1. The number of nitrogens with one attached hydrogen (secondary N) is 1. The van der Waals surface area contributed by atoms with Crippen LogP contribution in [0.5, 0.6) is 0 Å². The molecule has 1 fully saturated rings. The summed E-state index contributed by atoms with van der Waals surface area (Å²) in [6.07, 6.45) is 4.24. The molecular formula is C23H25FN4O3S. The Labute approximate surface area is 189 Å². The van der Waals surface area contributed by atoms with E-state index in [2.05, 4.69) is 10.2 Å². The van der Waals surface area contributed by atoms with Crippen LogP contribution in [0, 0.1) is 5.82 Å². The van der Waals surface area contributed by atoms with Crippen molar-refractivity contribution in [1.82, 2.24) is 9.97 Å². The Bertz CT molecular complexity index is 1130. The second-order valence-corrected chi connectivity index (χ2v) is 9.40. The van der Waals surface area contributed by atoms with Gasteiger partial charge in [-0.15, -0.1) is 11.3 Å². The third-order valence-electron chi connectivity index (χ3n) is 6.17. The van der Waals surface area contributed by atoms with E-state index in [-0.39, 0.29) is 11.9 Å². The SMILES string of the molecule is O=C(O)OC1CCN(c2nc(NCc3ccc(F)cc3)c3c4c(sc3n2)CCCC4)CC1. The maximum atomic E-state index is 13.3. The highest BCUT2D eigenvalue weighted by molar-refractivity contribution is 7.19. The first-order valence-electron chi connectivity index (χ1n) is 11.0. The Balaban J connectivity index is 1.44. The lowest BCUT2D eigenvalue weighted by molar-refractivity contribution is 0.0415. The number of aromatic nitrogens is 2. The van der Waals surface area contributed by atoms with Crippen LogP contribution in [-0.2, 0) is 24.1 Å². The summed E-state index contributed by atoms with van der Waals surface area (Å²) >= 11 is 1.75. The Kier molecular flexibility index (Phi) is 5.82. The first-order valence-corrected chi connectivity index (χ1v) is 11.8. The highest BCUT2D eigenvalue weighted by Crippen LogP contribution is 2.40. The van der Waals surface area contributed by atoms with Crippen LogP contribution in [0.3, 0.4) is 0 Å². The second-order valence-electron chi connectivity index (χ2n) is 8.31. The molecule has 0 bridgehead atoms. The number of hydrogen-bond donors (Lipinski definition) is 2. The average molecular weight is 457 g/mol. The molecule has 2 N–H and O–H groups in total. The van der Waals surface area contributed by atoms with E-state index in [0.29, 0.717) is 38.4 Å². The first kappa shape index (κ1) is 20.9. The van der Waals surface area contributed by atoms with Crippen molar-refractivity contribution < 1.29 is 19.0 Å². The van der Waals surface area contributed by atoms with Crippen LogP contribution >= 0.6 is 11.3 Å². The molecule has 0 saturated carbocycles. The van der Waals surface area contributed by atoms with Crippen LogP contribution in [0.4, 0.5) is 21.0 Å². The molecule has 1 aromatic carbocycles. The van der Waals surface area contributed by atoms with Gasteiger partial charge in [0.2, 0.25) is 5.95 Å². The highest BCUT2D eigenvalue weighted by Gasteiger charge is 2.26. The molecule has 3 aromatic rings. The van der Waals surface area contributed by atoms with Gasteiger partial charge in [-0.3, -0.25) is 0 Å².